The van der Waals surface area contributed by atoms with Crippen LogP contribution in [0, 0.1) is 5.41 Å². The molecule has 1 unspecified atom stereocenters. The van der Waals surface area contributed by atoms with E-state index in [4.69, 9.17) is 4.74 Å². The van der Waals surface area contributed by atoms with Crippen LogP contribution in [0.1, 0.15) is 34.1 Å². The Kier molecular flexibility index (Phi) is 2.65. The number of amides is 1. The molecule has 1 N–H and O–H groups in total. The summed E-state index contributed by atoms with van der Waals surface area (Å²) >= 11 is 0. The van der Waals surface area contributed by atoms with Crippen molar-refractivity contribution < 1.29 is 9.53 Å². The Labute approximate surface area is 97.3 Å². The van der Waals surface area contributed by atoms with Crippen molar-refractivity contribution in [1.82, 2.24) is 10.2 Å². The maximum atomic E-state index is 11.7. The molecule has 2 heterocycles. The van der Waals surface area contributed by atoms with E-state index in [-0.39, 0.29) is 11.7 Å². The molecule has 16 heavy (non-hydrogen) atoms. The predicted octanol–water partition coefficient (Wildman–Crippen LogP) is 1.61. The first kappa shape index (κ1) is 11.7. The van der Waals surface area contributed by atoms with Gasteiger partial charge >= 0.3 is 6.09 Å². The maximum Gasteiger partial charge on any atom is 0.410 e. The molecule has 0 aliphatic carbocycles. The SMILES string of the molecule is CCC1NCC12CN(C(=O)OC(C)(C)C)C2. The van der Waals surface area contributed by atoms with E-state index in [1.165, 1.54) is 0 Å². The summed E-state index contributed by atoms with van der Waals surface area (Å²) in [5, 5.41) is 3.42. The second-order valence-electron chi connectivity index (χ2n) is 6.04. The van der Waals surface area contributed by atoms with Crippen LogP contribution in [0.15, 0.2) is 0 Å². The number of carbonyl (C=O) groups is 1. The lowest BCUT2D eigenvalue weighted by atomic mass is 9.67. The zero-order valence-electron chi connectivity index (χ0n) is 10.7. The van der Waals surface area contributed by atoms with Crippen molar-refractivity contribution in [2.45, 2.75) is 45.8 Å². The summed E-state index contributed by atoms with van der Waals surface area (Å²) < 4.78 is 5.34. The van der Waals surface area contributed by atoms with Gasteiger partial charge in [0.2, 0.25) is 0 Å². The second kappa shape index (κ2) is 3.62. The molecule has 0 aromatic rings. The van der Waals surface area contributed by atoms with Crippen LogP contribution >= 0.6 is 0 Å². The molecule has 0 aromatic heterocycles. The van der Waals surface area contributed by atoms with Gasteiger partial charge in [-0.25, -0.2) is 4.79 Å². The van der Waals surface area contributed by atoms with Crippen molar-refractivity contribution in [1.29, 1.82) is 0 Å². The van der Waals surface area contributed by atoms with E-state index in [2.05, 4.69) is 12.2 Å². The van der Waals surface area contributed by atoms with Crippen LogP contribution in [0.2, 0.25) is 0 Å². The van der Waals surface area contributed by atoms with Crippen molar-refractivity contribution >= 4 is 6.09 Å². The van der Waals surface area contributed by atoms with Crippen LogP contribution in [0.5, 0.6) is 0 Å². The molecule has 1 amide bonds. The Morgan fingerprint density at radius 3 is 2.50 bits per heavy atom. The molecule has 0 radical (unpaired) electrons. The van der Waals surface area contributed by atoms with E-state index in [1.807, 2.05) is 25.7 Å². The third-order valence-corrected chi connectivity index (χ3v) is 3.51. The number of carbonyl (C=O) groups excluding carboxylic acids is 1. The summed E-state index contributed by atoms with van der Waals surface area (Å²) in [6, 6.07) is 0.589. The summed E-state index contributed by atoms with van der Waals surface area (Å²) in [7, 11) is 0. The highest BCUT2D eigenvalue weighted by molar-refractivity contribution is 5.69. The van der Waals surface area contributed by atoms with E-state index in [0.29, 0.717) is 11.5 Å². The number of hydrogen-bond acceptors (Lipinski definition) is 3. The first-order valence-electron chi connectivity index (χ1n) is 6.08. The fourth-order valence-electron chi connectivity index (χ4n) is 2.61. The van der Waals surface area contributed by atoms with Gasteiger partial charge in [-0.3, -0.25) is 0 Å². The highest BCUT2D eigenvalue weighted by atomic mass is 16.6. The molecule has 2 fully saturated rings. The standard InChI is InChI=1S/C12H22N2O2/c1-5-9-12(6-13-9)7-14(8-12)10(15)16-11(2,3)4/h9,13H,5-8H2,1-4H3. The Morgan fingerprint density at radius 2 is 2.12 bits per heavy atom. The highest BCUT2D eigenvalue weighted by Crippen LogP contribution is 2.41. The summed E-state index contributed by atoms with van der Waals surface area (Å²) in [6.45, 7) is 10.7. The number of likely N-dealkylation sites (tertiary alicyclic amines) is 1. The van der Waals surface area contributed by atoms with Gasteiger partial charge in [0, 0.05) is 31.1 Å². The molecule has 2 saturated heterocycles. The van der Waals surface area contributed by atoms with Crippen LogP contribution < -0.4 is 5.32 Å². The van der Waals surface area contributed by atoms with E-state index >= 15 is 0 Å². The van der Waals surface area contributed by atoms with Crippen LogP contribution in [0.3, 0.4) is 0 Å². The fraction of sp³-hybridized carbons (Fsp3) is 0.917. The van der Waals surface area contributed by atoms with E-state index in [9.17, 15) is 4.79 Å². The molecule has 2 rings (SSSR count). The van der Waals surface area contributed by atoms with Crippen molar-refractivity contribution in [3.8, 4) is 0 Å². The molecule has 1 atom stereocenters. The van der Waals surface area contributed by atoms with Gasteiger partial charge in [-0.15, -0.1) is 0 Å². The minimum absolute atomic E-state index is 0.167. The molecule has 0 bridgehead atoms. The Morgan fingerprint density at radius 1 is 1.50 bits per heavy atom. The van der Waals surface area contributed by atoms with Crippen LogP contribution in [0.25, 0.3) is 0 Å². The van der Waals surface area contributed by atoms with Crippen LogP contribution in [-0.4, -0.2) is 42.3 Å². The number of rotatable bonds is 1. The number of nitrogens with zero attached hydrogens (tertiary/aromatic N) is 1. The Hall–Kier alpha value is -0.770. The average Bonchev–Trinajstić information content (AvgIpc) is 1.96. The summed E-state index contributed by atoms with van der Waals surface area (Å²) in [6.07, 6.45) is 0.974. The molecule has 4 heteroatoms. The molecular formula is C12H22N2O2. The molecule has 92 valence electrons. The lowest BCUT2D eigenvalue weighted by Crippen LogP contribution is -2.77. The van der Waals surface area contributed by atoms with E-state index in [0.717, 1.165) is 26.1 Å². The van der Waals surface area contributed by atoms with Crippen LogP contribution in [0.4, 0.5) is 4.79 Å². The monoisotopic (exact) mass is 226 g/mol. The molecule has 4 nitrogen and oxygen atoms in total. The molecule has 0 saturated carbocycles. The zero-order chi connectivity index (χ0) is 12.0. The summed E-state index contributed by atoms with van der Waals surface area (Å²) in [5.74, 6) is 0. The zero-order valence-corrected chi connectivity index (χ0v) is 10.7. The molecular weight excluding hydrogens is 204 g/mol. The Balaban J connectivity index is 1.82. The van der Waals surface area contributed by atoms with E-state index < -0.39 is 0 Å². The van der Waals surface area contributed by atoms with Crippen molar-refractivity contribution in [2.75, 3.05) is 19.6 Å². The molecule has 2 aliphatic heterocycles. The van der Waals surface area contributed by atoms with Crippen LogP contribution in [-0.2, 0) is 4.74 Å². The molecule has 1 spiro atoms. The fourth-order valence-corrected chi connectivity index (χ4v) is 2.61. The largest absolute Gasteiger partial charge is 0.444 e. The lowest BCUT2D eigenvalue weighted by Gasteiger charge is -2.60. The van der Waals surface area contributed by atoms with Gasteiger partial charge < -0.3 is 15.0 Å². The third-order valence-electron chi connectivity index (χ3n) is 3.51. The normalized spacial score (nSPS) is 27.2. The summed E-state index contributed by atoms with van der Waals surface area (Å²) in [4.78, 5) is 13.6. The average molecular weight is 226 g/mol. The van der Waals surface area contributed by atoms with Gasteiger partial charge in [0.15, 0.2) is 0 Å². The van der Waals surface area contributed by atoms with Gasteiger partial charge in [0.25, 0.3) is 0 Å². The Bertz CT molecular complexity index is 288. The first-order chi connectivity index (χ1) is 7.36. The topological polar surface area (TPSA) is 41.6 Å². The van der Waals surface area contributed by atoms with Gasteiger partial charge in [-0.05, 0) is 27.2 Å². The molecule has 0 aromatic carbocycles. The highest BCUT2D eigenvalue weighted by Gasteiger charge is 2.55. The maximum absolute atomic E-state index is 11.7. The third kappa shape index (κ3) is 1.90. The summed E-state index contributed by atoms with van der Waals surface area (Å²) in [5.41, 5.74) is -0.0342. The second-order valence-corrected chi connectivity index (χ2v) is 6.04. The number of nitrogens with one attached hydrogen (secondary N) is 1. The van der Waals surface area contributed by atoms with Gasteiger partial charge in [-0.2, -0.15) is 0 Å². The molecule has 2 aliphatic rings. The van der Waals surface area contributed by atoms with Crippen molar-refractivity contribution in [3.63, 3.8) is 0 Å². The van der Waals surface area contributed by atoms with Gasteiger partial charge in [0.1, 0.15) is 5.60 Å². The quantitative estimate of drug-likeness (QED) is 0.738. The predicted molar refractivity (Wildman–Crippen MR) is 62.3 cm³/mol. The smallest absolute Gasteiger partial charge is 0.410 e. The van der Waals surface area contributed by atoms with Gasteiger partial charge in [0.05, 0.1) is 0 Å². The number of hydrogen-bond donors (Lipinski definition) is 1. The number of ether oxygens (including phenoxy) is 1. The lowest BCUT2D eigenvalue weighted by molar-refractivity contribution is -0.0846. The minimum Gasteiger partial charge on any atom is -0.444 e. The van der Waals surface area contributed by atoms with Crippen molar-refractivity contribution in [2.24, 2.45) is 5.41 Å². The first-order valence-corrected chi connectivity index (χ1v) is 6.08. The van der Waals surface area contributed by atoms with Crippen molar-refractivity contribution in [3.05, 3.63) is 0 Å². The minimum atomic E-state index is -0.387. The van der Waals surface area contributed by atoms with Gasteiger partial charge in [-0.1, -0.05) is 6.92 Å². The van der Waals surface area contributed by atoms with E-state index in [1.54, 1.807) is 0 Å².